The van der Waals surface area contributed by atoms with E-state index < -0.39 is 0 Å². The Morgan fingerprint density at radius 3 is 2.38 bits per heavy atom. The van der Waals surface area contributed by atoms with E-state index >= 15 is 0 Å². The predicted octanol–water partition coefficient (Wildman–Crippen LogP) is 2.50. The summed E-state index contributed by atoms with van der Waals surface area (Å²) in [5.74, 6) is -0.0258. The Morgan fingerprint density at radius 2 is 1.92 bits per heavy atom. The number of benzene rings is 1. The van der Waals surface area contributed by atoms with Crippen LogP contribution in [0.4, 0.5) is 5.69 Å². The Labute approximate surface area is 99.2 Å². The normalized spacial score (nSPS) is 9.77. The molecule has 1 rings (SSSR count). The summed E-state index contributed by atoms with van der Waals surface area (Å²) in [6, 6.07) is 3.32. The highest BCUT2D eigenvalue weighted by molar-refractivity contribution is 14.1. The third-order valence-corrected chi connectivity index (χ3v) is 2.55. The fourth-order valence-electron chi connectivity index (χ4n) is 0.770. The van der Waals surface area contributed by atoms with Crippen molar-refractivity contribution >= 4 is 57.4 Å². The van der Waals surface area contributed by atoms with Gasteiger partial charge in [0.15, 0.2) is 5.96 Å². The third kappa shape index (κ3) is 2.89. The van der Waals surface area contributed by atoms with E-state index in [0.29, 0.717) is 15.7 Å². The second kappa shape index (κ2) is 4.34. The summed E-state index contributed by atoms with van der Waals surface area (Å²) in [4.78, 5) is 3.87. The molecule has 0 atom stereocenters. The van der Waals surface area contributed by atoms with Crippen LogP contribution in [0, 0.1) is 3.57 Å². The zero-order valence-corrected chi connectivity index (χ0v) is 10.1. The van der Waals surface area contributed by atoms with Gasteiger partial charge in [0, 0.05) is 8.59 Å². The first-order chi connectivity index (χ1) is 6.00. The van der Waals surface area contributed by atoms with Gasteiger partial charge < -0.3 is 11.5 Å². The summed E-state index contributed by atoms with van der Waals surface area (Å²) in [5.41, 5.74) is 11.0. The van der Waals surface area contributed by atoms with Crippen molar-refractivity contribution in [2.24, 2.45) is 16.5 Å². The molecule has 0 saturated carbocycles. The number of rotatable bonds is 1. The van der Waals surface area contributed by atoms with Crippen LogP contribution in [-0.4, -0.2) is 5.96 Å². The van der Waals surface area contributed by atoms with Crippen LogP contribution in [-0.2, 0) is 0 Å². The van der Waals surface area contributed by atoms with Crippen molar-refractivity contribution < 1.29 is 0 Å². The number of nitrogens with two attached hydrogens (primary N) is 2. The predicted molar refractivity (Wildman–Crippen MR) is 64.6 cm³/mol. The largest absolute Gasteiger partial charge is 0.370 e. The second-order valence-corrected chi connectivity index (χ2v) is 4.26. The number of nitrogens with zero attached hydrogens (tertiary/aromatic N) is 1. The Balaban J connectivity index is 3.29. The average molecular weight is 330 g/mol. The van der Waals surface area contributed by atoms with Crippen molar-refractivity contribution in [1.82, 2.24) is 0 Å². The average Bonchev–Trinajstić information content (AvgIpc) is 1.96. The highest BCUT2D eigenvalue weighted by atomic mass is 127. The van der Waals surface area contributed by atoms with Crippen molar-refractivity contribution in [3.8, 4) is 0 Å². The van der Waals surface area contributed by atoms with E-state index in [1.54, 1.807) is 12.1 Å². The third-order valence-electron chi connectivity index (χ3n) is 1.22. The van der Waals surface area contributed by atoms with E-state index in [-0.39, 0.29) is 5.96 Å². The molecule has 0 unspecified atom stereocenters. The smallest absolute Gasteiger partial charge is 0.191 e. The quantitative estimate of drug-likeness (QED) is 0.472. The Hall–Kier alpha value is -0.200. The molecule has 70 valence electrons. The molecule has 0 aliphatic rings. The fraction of sp³-hybridized carbons (Fsp3) is 0. The maximum atomic E-state index is 5.87. The number of hydrogen-bond acceptors (Lipinski definition) is 1. The minimum atomic E-state index is -0.0258. The zero-order chi connectivity index (χ0) is 10.0. The lowest BCUT2D eigenvalue weighted by atomic mass is 10.3. The summed E-state index contributed by atoms with van der Waals surface area (Å²) in [6.07, 6.45) is 0. The second-order valence-electron chi connectivity index (χ2n) is 2.25. The molecule has 1 aromatic carbocycles. The molecular weight excluding hydrogens is 324 g/mol. The Bertz CT molecular complexity index is 338. The Kier molecular flexibility index (Phi) is 3.63. The van der Waals surface area contributed by atoms with E-state index in [0.717, 1.165) is 3.57 Å². The van der Waals surface area contributed by atoms with E-state index in [1.807, 2.05) is 0 Å². The highest BCUT2D eigenvalue weighted by Crippen LogP contribution is 2.33. The molecule has 0 spiro atoms. The van der Waals surface area contributed by atoms with Gasteiger partial charge in [-0.1, -0.05) is 23.2 Å². The van der Waals surface area contributed by atoms with Gasteiger partial charge in [0.1, 0.15) is 0 Å². The van der Waals surface area contributed by atoms with Crippen LogP contribution in [0.3, 0.4) is 0 Å². The maximum Gasteiger partial charge on any atom is 0.191 e. The molecule has 4 N–H and O–H groups in total. The van der Waals surface area contributed by atoms with Gasteiger partial charge in [0.25, 0.3) is 0 Å². The molecule has 0 heterocycles. The number of aliphatic imine (C=N–C) groups is 1. The van der Waals surface area contributed by atoms with Crippen LogP contribution in [0.1, 0.15) is 0 Å². The van der Waals surface area contributed by atoms with Gasteiger partial charge in [-0.05, 0) is 34.7 Å². The van der Waals surface area contributed by atoms with Crippen molar-refractivity contribution in [3.63, 3.8) is 0 Å². The first-order valence-corrected chi connectivity index (χ1v) is 5.08. The molecule has 0 amide bonds. The standard InChI is InChI=1S/C7H6Cl2IN3/c8-3-1-4(9)6(5(10)2-3)13-7(11)12/h1-2H,(H4,11,12,13). The van der Waals surface area contributed by atoms with Crippen LogP contribution in [0.25, 0.3) is 0 Å². The van der Waals surface area contributed by atoms with Crippen LogP contribution in [0.5, 0.6) is 0 Å². The molecular formula is C7H6Cl2IN3. The molecule has 6 heteroatoms. The van der Waals surface area contributed by atoms with Gasteiger partial charge in [-0.2, -0.15) is 0 Å². The summed E-state index contributed by atoms with van der Waals surface area (Å²) in [6.45, 7) is 0. The molecule has 0 aliphatic carbocycles. The maximum absolute atomic E-state index is 5.87. The van der Waals surface area contributed by atoms with Crippen LogP contribution >= 0.6 is 45.8 Å². The highest BCUT2D eigenvalue weighted by Gasteiger charge is 2.05. The van der Waals surface area contributed by atoms with Crippen LogP contribution < -0.4 is 11.5 Å². The number of halogens is 3. The lowest BCUT2D eigenvalue weighted by Crippen LogP contribution is -2.22. The minimum absolute atomic E-state index is 0.0258. The lowest BCUT2D eigenvalue weighted by molar-refractivity contribution is 1.40. The molecule has 0 bridgehead atoms. The fourth-order valence-corrected chi connectivity index (χ4v) is 2.40. The summed E-state index contributed by atoms with van der Waals surface area (Å²) in [7, 11) is 0. The first kappa shape index (κ1) is 10.9. The zero-order valence-electron chi connectivity index (χ0n) is 6.39. The van der Waals surface area contributed by atoms with Gasteiger partial charge in [0.05, 0.1) is 10.7 Å². The minimum Gasteiger partial charge on any atom is -0.370 e. The van der Waals surface area contributed by atoms with Crippen molar-refractivity contribution in [3.05, 3.63) is 25.7 Å². The van der Waals surface area contributed by atoms with Gasteiger partial charge in [-0.3, -0.25) is 0 Å². The molecule has 3 nitrogen and oxygen atoms in total. The van der Waals surface area contributed by atoms with Crippen LogP contribution in [0.2, 0.25) is 10.0 Å². The van der Waals surface area contributed by atoms with Crippen molar-refractivity contribution in [2.75, 3.05) is 0 Å². The Morgan fingerprint density at radius 1 is 1.31 bits per heavy atom. The van der Waals surface area contributed by atoms with Gasteiger partial charge in [-0.15, -0.1) is 0 Å². The summed E-state index contributed by atoms with van der Waals surface area (Å²) in [5, 5.41) is 0.995. The molecule has 0 aliphatic heterocycles. The summed E-state index contributed by atoms with van der Waals surface area (Å²) >= 11 is 13.7. The van der Waals surface area contributed by atoms with E-state index in [2.05, 4.69) is 27.6 Å². The van der Waals surface area contributed by atoms with Crippen molar-refractivity contribution in [2.45, 2.75) is 0 Å². The molecule has 0 radical (unpaired) electrons. The monoisotopic (exact) mass is 329 g/mol. The van der Waals surface area contributed by atoms with Gasteiger partial charge >= 0.3 is 0 Å². The molecule has 0 saturated heterocycles. The number of guanidine groups is 1. The van der Waals surface area contributed by atoms with E-state index in [4.69, 9.17) is 34.7 Å². The summed E-state index contributed by atoms with van der Waals surface area (Å²) < 4.78 is 0.809. The molecule has 1 aromatic rings. The molecule has 13 heavy (non-hydrogen) atoms. The first-order valence-electron chi connectivity index (χ1n) is 3.25. The van der Waals surface area contributed by atoms with Gasteiger partial charge in [0.2, 0.25) is 0 Å². The molecule has 0 fully saturated rings. The van der Waals surface area contributed by atoms with E-state index in [9.17, 15) is 0 Å². The van der Waals surface area contributed by atoms with Crippen molar-refractivity contribution in [1.29, 1.82) is 0 Å². The van der Waals surface area contributed by atoms with Crippen LogP contribution in [0.15, 0.2) is 17.1 Å². The molecule has 0 aromatic heterocycles. The van der Waals surface area contributed by atoms with E-state index in [1.165, 1.54) is 0 Å². The number of hydrogen-bond donors (Lipinski definition) is 2. The lowest BCUT2D eigenvalue weighted by Gasteiger charge is -2.02. The van der Waals surface area contributed by atoms with Gasteiger partial charge in [-0.25, -0.2) is 4.99 Å². The topological polar surface area (TPSA) is 64.4 Å². The SMILES string of the molecule is NC(N)=Nc1c(Cl)cc(Cl)cc1I.